The van der Waals surface area contributed by atoms with Crippen LogP contribution in [0.5, 0.6) is 0 Å². The first kappa shape index (κ1) is 27.9. The van der Waals surface area contributed by atoms with Gasteiger partial charge in [-0.05, 0) is 49.4 Å². The molecule has 0 radical (unpaired) electrons. The minimum atomic E-state index is -1.75. The van der Waals surface area contributed by atoms with Gasteiger partial charge >= 0.3 is 17.9 Å². The van der Waals surface area contributed by atoms with Crippen LogP contribution >= 0.6 is 12.4 Å². The van der Waals surface area contributed by atoms with Gasteiger partial charge in [0.25, 0.3) is 5.91 Å². The van der Waals surface area contributed by atoms with E-state index in [2.05, 4.69) is 5.32 Å². The highest BCUT2D eigenvalue weighted by Crippen LogP contribution is 2.76. The Bertz CT molecular complexity index is 1200. The van der Waals surface area contributed by atoms with Gasteiger partial charge < -0.3 is 29.5 Å². The lowest BCUT2D eigenvalue weighted by molar-refractivity contribution is -0.212. The molecular formula is C28H35ClN2O8. The van der Waals surface area contributed by atoms with Gasteiger partial charge in [-0.2, -0.15) is 0 Å². The minimum absolute atomic E-state index is 0. The fourth-order valence-electron chi connectivity index (χ4n) is 7.87. The lowest BCUT2D eigenvalue weighted by Crippen LogP contribution is -2.66. The van der Waals surface area contributed by atoms with E-state index in [9.17, 15) is 24.3 Å². The molecule has 1 aliphatic carbocycles. The van der Waals surface area contributed by atoms with Crippen LogP contribution in [0.1, 0.15) is 56.8 Å². The van der Waals surface area contributed by atoms with Crippen molar-refractivity contribution in [3.05, 3.63) is 35.9 Å². The van der Waals surface area contributed by atoms with Crippen molar-refractivity contribution in [2.45, 2.75) is 70.5 Å². The van der Waals surface area contributed by atoms with Crippen molar-refractivity contribution < 1.29 is 38.5 Å². The molecule has 4 aliphatic heterocycles. The van der Waals surface area contributed by atoms with E-state index in [-0.39, 0.29) is 43.3 Å². The van der Waals surface area contributed by atoms with Gasteiger partial charge in [0, 0.05) is 13.0 Å². The molecule has 1 aromatic rings. The van der Waals surface area contributed by atoms with Gasteiger partial charge in [-0.3, -0.25) is 14.4 Å². The first-order valence-corrected chi connectivity index (χ1v) is 13.4. The number of likely N-dealkylation sites (tertiary alicyclic amines) is 1. The number of ether oxygens (including phenoxy) is 3. The number of nitrogens with one attached hydrogen (secondary N) is 1. The number of nitrogens with zero attached hydrogens (tertiary/aromatic N) is 1. The third-order valence-electron chi connectivity index (χ3n) is 9.72. The van der Waals surface area contributed by atoms with Crippen molar-refractivity contribution in [3.63, 3.8) is 0 Å². The zero-order valence-electron chi connectivity index (χ0n) is 22.3. The minimum Gasteiger partial charge on any atom is -0.461 e. The lowest BCUT2D eigenvalue weighted by Gasteiger charge is -2.51. The summed E-state index contributed by atoms with van der Waals surface area (Å²) in [4.78, 5) is 55.7. The molecule has 1 amide bonds. The summed E-state index contributed by atoms with van der Waals surface area (Å²) in [6.45, 7) is 7.33. The van der Waals surface area contributed by atoms with Crippen LogP contribution in [0.15, 0.2) is 30.3 Å². The quantitative estimate of drug-likeness (QED) is 0.416. The first-order chi connectivity index (χ1) is 18.0. The number of carbonyl (C=O) groups excluding carboxylic acids is 4. The molecular weight excluding hydrogens is 528 g/mol. The van der Waals surface area contributed by atoms with E-state index < -0.39 is 64.1 Å². The van der Waals surface area contributed by atoms with Gasteiger partial charge in [-0.25, -0.2) is 4.79 Å². The number of halogens is 1. The highest BCUT2D eigenvalue weighted by atomic mass is 35.5. The van der Waals surface area contributed by atoms with Crippen LogP contribution in [-0.4, -0.2) is 77.5 Å². The summed E-state index contributed by atoms with van der Waals surface area (Å²) in [5, 5.41) is 16.0. The summed E-state index contributed by atoms with van der Waals surface area (Å²) < 4.78 is 17.7. The van der Waals surface area contributed by atoms with Gasteiger partial charge in [-0.1, -0.05) is 39.0 Å². The molecule has 4 saturated heterocycles. The van der Waals surface area contributed by atoms with Crippen LogP contribution in [0, 0.1) is 22.2 Å². The van der Waals surface area contributed by atoms with E-state index >= 15 is 0 Å². The summed E-state index contributed by atoms with van der Waals surface area (Å²) in [7, 11) is 0. The second kappa shape index (κ2) is 9.17. The first-order valence-electron chi connectivity index (χ1n) is 13.4. The van der Waals surface area contributed by atoms with Crippen molar-refractivity contribution in [1.29, 1.82) is 0 Å². The molecule has 0 bridgehead atoms. The molecule has 39 heavy (non-hydrogen) atoms. The maximum absolute atomic E-state index is 14.3. The van der Waals surface area contributed by atoms with Crippen LogP contribution < -0.4 is 5.32 Å². The van der Waals surface area contributed by atoms with Crippen LogP contribution in [0.25, 0.3) is 0 Å². The SMILES string of the molecule is CC(C)(C)[C@]1(O)C[C@@H]2OC(=O)C[C@@]23C(=O)O[C@@H]2N(CC4CCNCC4)C(=O)[C@H](OC(=O)c4ccccc4)[C@]213.Cl. The van der Waals surface area contributed by atoms with Gasteiger partial charge in [0.05, 0.1) is 17.6 Å². The molecule has 6 rings (SSSR count). The van der Waals surface area contributed by atoms with E-state index in [1.165, 1.54) is 4.90 Å². The fourth-order valence-corrected chi connectivity index (χ4v) is 7.87. The van der Waals surface area contributed by atoms with E-state index in [4.69, 9.17) is 14.2 Å². The number of piperidine rings is 1. The number of aliphatic hydroxyl groups is 1. The molecule has 5 aliphatic rings. The number of carbonyl (C=O) groups is 4. The van der Waals surface area contributed by atoms with Crippen LogP contribution in [0.2, 0.25) is 0 Å². The number of benzene rings is 1. The monoisotopic (exact) mass is 562 g/mol. The zero-order chi connectivity index (χ0) is 27.1. The summed E-state index contributed by atoms with van der Waals surface area (Å²) >= 11 is 0. The Morgan fingerprint density at radius 3 is 2.44 bits per heavy atom. The highest BCUT2D eigenvalue weighted by molar-refractivity contribution is 5.99. The second-order valence-electron chi connectivity index (χ2n) is 12.4. The van der Waals surface area contributed by atoms with Gasteiger partial charge in [0.15, 0.2) is 12.3 Å². The molecule has 212 valence electrons. The standard InChI is InChI=1S/C28H34N2O8.ClH/c1-25(2,3)27(35)13-18-26(14-19(31)36-18)24(34)38-23-28(26,27)20(37-22(33)17-7-5-4-6-8-17)21(32)30(23)15-16-9-11-29-12-10-16;/h4-8,16,18,20,23,29,35H,9-15H2,1-3H3;1H/t18-,20-,23-,26-,27+,28+;/m0./s1. The number of amides is 1. The van der Waals surface area contributed by atoms with Gasteiger partial charge in [-0.15, -0.1) is 12.4 Å². The topological polar surface area (TPSA) is 131 Å². The molecule has 4 heterocycles. The molecule has 2 N–H and O–H groups in total. The maximum Gasteiger partial charge on any atom is 0.338 e. The number of hydrogen-bond acceptors (Lipinski definition) is 9. The normalized spacial score (nSPS) is 37.5. The van der Waals surface area contributed by atoms with Crippen LogP contribution in [0.3, 0.4) is 0 Å². The molecule has 5 fully saturated rings. The van der Waals surface area contributed by atoms with Crippen molar-refractivity contribution >= 4 is 36.2 Å². The lowest BCUT2D eigenvalue weighted by atomic mass is 9.52. The third-order valence-corrected chi connectivity index (χ3v) is 9.72. The molecule has 10 nitrogen and oxygen atoms in total. The van der Waals surface area contributed by atoms with E-state index in [1.54, 1.807) is 30.3 Å². The molecule has 1 aromatic carbocycles. The average molecular weight is 563 g/mol. The zero-order valence-corrected chi connectivity index (χ0v) is 23.1. The third kappa shape index (κ3) is 3.47. The summed E-state index contributed by atoms with van der Waals surface area (Å²) in [5.74, 6) is -2.42. The maximum atomic E-state index is 14.3. The Morgan fingerprint density at radius 1 is 1.13 bits per heavy atom. The van der Waals surface area contributed by atoms with E-state index in [0.717, 1.165) is 25.9 Å². The van der Waals surface area contributed by atoms with Gasteiger partial charge in [0.1, 0.15) is 16.9 Å². The Balaban J connectivity index is 0.00000308. The Hall–Kier alpha value is -2.69. The highest BCUT2D eigenvalue weighted by Gasteiger charge is 2.93. The van der Waals surface area contributed by atoms with Gasteiger partial charge in [0.2, 0.25) is 0 Å². The summed E-state index contributed by atoms with van der Waals surface area (Å²) in [6.07, 6.45) is -2.51. The van der Waals surface area contributed by atoms with Crippen molar-refractivity contribution in [1.82, 2.24) is 10.2 Å². The number of rotatable bonds is 4. The molecule has 11 heteroatoms. The molecule has 2 spiro atoms. The van der Waals surface area contributed by atoms with E-state index in [1.807, 2.05) is 20.8 Å². The summed E-state index contributed by atoms with van der Waals surface area (Å²) in [5.41, 5.74) is -5.80. The van der Waals surface area contributed by atoms with Crippen molar-refractivity contribution in [3.8, 4) is 0 Å². The predicted octanol–water partition coefficient (Wildman–Crippen LogP) is 1.83. The Morgan fingerprint density at radius 2 is 1.79 bits per heavy atom. The molecule has 1 saturated carbocycles. The summed E-state index contributed by atoms with van der Waals surface area (Å²) in [6, 6.07) is 8.27. The van der Waals surface area contributed by atoms with Crippen LogP contribution in [0.4, 0.5) is 0 Å². The number of esters is 3. The smallest absolute Gasteiger partial charge is 0.338 e. The van der Waals surface area contributed by atoms with Crippen LogP contribution in [-0.2, 0) is 28.6 Å². The fraction of sp³-hybridized carbons (Fsp3) is 0.643. The van der Waals surface area contributed by atoms with Crippen molar-refractivity contribution in [2.75, 3.05) is 19.6 Å². The Kier molecular flexibility index (Phi) is 6.55. The van der Waals surface area contributed by atoms with Crippen molar-refractivity contribution in [2.24, 2.45) is 22.2 Å². The second-order valence-corrected chi connectivity index (χ2v) is 12.4. The molecule has 0 unspecified atom stereocenters. The Labute approximate surface area is 233 Å². The number of hydrogen-bond donors (Lipinski definition) is 2. The largest absolute Gasteiger partial charge is 0.461 e. The van der Waals surface area contributed by atoms with E-state index in [0.29, 0.717) is 0 Å². The average Bonchev–Trinajstić information content (AvgIpc) is 3.49. The predicted molar refractivity (Wildman–Crippen MR) is 138 cm³/mol. The molecule has 6 atom stereocenters. The molecule has 0 aromatic heterocycles.